The van der Waals surface area contributed by atoms with Crippen LogP contribution in [0.2, 0.25) is 0 Å². The Morgan fingerprint density at radius 3 is 2.19 bits per heavy atom. The van der Waals surface area contributed by atoms with E-state index in [1.807, 2.05) is 30.0 Å². The van der Waals surface area contributed by atoms with Gasteiger partial charge in [-0.25, -0.2) is 4.57 Å². The Balaban J connectivity index is 0.00000220. The van der Waals surface area contributed by atoms with Crippen LogP contribution in [0.4, 0.5) is 0 Å². The first-order valence-electron chi connectivity index (χ1n) is 6.55. The molecule has 2 aromatic rings. The SMILES string of the molecule is COc1cc(C)c(-n2c[n+](C=CO)c(C)c2C)c(C)c1.[Br-]. The molecule has 1 heterocycles. The van der Waals surface area contributed by atoms with Crippen LogP contribution < -0.4 is 26.3 Å². The third kappa shape index (κ3) is 3.13. The number of halogens is 1. The lowest BCUT2D eigenvalue weighted by molar-refractivity contribution is -0.575. The van der Waals surface area contributed by atoms with Gasteiger partial charge in [0.25, 0.3) is 6.33 Å². The van der Waals surface area contributed by atoms with Crippen molar-refractivity contribution < 1.29 is 31.4 Å². The molecule has 0 aliphatic heterocycles. The monoisotopic (exact) mass is 352 g/mol. The van der Waals surface area contributed by atoms with E-state index < -0.39 is 0 Å². The highest BCUT2D eigenvalue weighted by atomic mass is 79.9. The Morgan fingerprint density at radius 1 is 1.14 bits per heavy atom. The first-order valence-corrected chi connectivity index (χ1v) is 6.55. The van der Waals surface area contributed by atoms with Gasteiger partial charge in [-0.15, -0.1) is 0 Å². The molecule has 1 aromatic heterocycles. The van der Waals surface area contributed by atoms with E-state index in [9.17, 15) is 0 Å². The Hall–Kier alpha value is -1.75. The average molecular weight is 353 g/mol. The number of aliphatic hydroxyl groups excluding tert-OH is 1. The minimum atomic E-state index is 0. The summed E-state index contributed by atoms with van der Waals surface area (Å²) in [6.45, 7) is 8.25. The van der Waals surface area contributed by atoms with Crippen LogP contribution in [0.3, 0.4) is 0 Å². The van der Waals surface area contributed by atoms with Gasteiger partial charge in [0.05, 0.1) is 7.11 Å². The van der Waals surface area contributed by atoms with Crippen LogP contribution in [0.1, 0.15) is 22.5 Å². The summed E-state index contributed by atoms with van der Waals surface area (Å²) in [6, 6.07) is 4.06. The van der Waals surface area contributed by atoms with E-state index in [0.29, 0.717) is 0 Å². The highest BCUT2D eigenvalue weighted by Crippen LogP contribution is 2.26. The van der Waals surface area contributed by atoms with Crippen LogP contribution >= 0.6 is 0 Å². The highest BCUT2D eigenvalue weighted by molar-refractivity contribution is 5.52. The second-order valence-electron chi connectivity index (χ2n) is 4.97. The number of aliphatic hydroxyl groups is 1. The van der Waals surface area contributed by atoms with Crippen LogP contribution in [0.25, 0.3) is 11.9 Å². The third-order valence-corrected chi connectivity index (χ3v) is 3.68. The summed E-state index contributed by atoms with van der Waals surface area (Å²) in [7, 11) is 1.68. The number of aryl methyl sites for hydroxylation is 2. The van der Waals surface area contributed by atoms with Gasteiger partial charge in [0, 0.05) is 25.0 Å². The van der Waals surface area contributed by atoms with Gasteiger partial charge in [0.2, 0.25) is 0 Å². The quantitative estimate of drug-likeness (QED) is 0.623. The molecule has 2 rings (SSSR count). The van der Waals surface area contributed by atoms with Crippen LogP contribution in [-0.4, -0.2) is 16.8 Å². The lowest BCUT2D eigenvalue weighted by atomic mass is 10.1. The Labute approximate surface area is 136 Å². The molecule has 0 atom stereocenters. The summed E-state index contributed by atoms with van der Waals surface area (Å²) in [5, 5.41) is 8.97. The molecule has 0 radical (unpaired) electrons. The highest BCUT2D eigenvalue weighted by Gasteiger charge is 2.20. The van der Waals surface area contributed by atoms with Crippen molar-refractivity contribution in [3.8, 4) is 11.4 Å². The van der Waals surface area contributed by atoms with E-state index in [4.69, 9.17) is 9.84 Å². The topological polar surface area (TPSA) is 38.3 Å². The van der Waals surface area contributed by atoms with Gasteiger partial charge < -0.3 is 26.8 Å². The fourth-order valence-electron chi connectivity index (χ4n) is 2.52. The second kappa shape index (κ2) is 6.80. The minimum Gasteiger partial charge on any atom is -1.00 e. The summed E-state index contributed by atoms with van der Waals surface area (Å²) in [6.07, 6.45) is 4.65. The van der Waals surface area contributed by atoms with E-state index in [1.54, 1.807) is 13.3 Å². The molecular formula is C16H21BrN2O2. The summed E-state index contributed by atoms with van der Waals surface area (Å²) in [4.78, 5) is 0. The van der Waals surface area contributed by atoms with Gasteiger partial charge in [-0.1, -0.05) is 0 Å². The van der Waals surface area contributed by atoms with Gasteiger partial charge in [0.15, 0.2) is 0 Å². The van der Waals surface area contributed by atoms with Crippen LogP contribution in [0.15, 0.2) is 24.7 Å². The number of ether oxygens (including phenoxy) is 1. The van der Waals surface area contributed by atoms with Gasteiger partial charge in [0.1, 0.15) is 35.3 Å². The molecule has 0 bridgehead atoms. The van der Waals surface area contributed by atoms with E-state index in [1.165, 1.54) is 0 Å². The number of imidazole rings is 1. The number of hydrogen-bond donors (Lipinski definition) is 1. The number of aromatic nitrogens is 2. The zero-order chi connectivity index (χ0) is 14.9. The average Bonchev–Trinajstić information content (AvgIpc) is 2.67. The van der Waals surface area contributed by atoms with Gasteiger partial charge in [-0.05, 0) is 26.0 Å². The molecule has 0 amide bonds. The van der Waals surface area contributed by atoms with E-state index in [-0.39, 0.29) is 17.0 Å². The fourth-order valence-corrected chi connectivity index (χ4v) is 2.52. The smallest absolute Gasteiger partial charge is 0.254 e. The van der Waals surface area contributed by atoms with Crippen molar-refractivity contribution in [2.24, 2.45) is 0 Å². The number of nitrogens with zero attached hydrogens (tertiary/aromatic N) is 2. The molecule has 5 heteroatoms. The molecule has 0 fully saturated rings. The molecule has 1 N–H and O–H groups in total. The molecule has 0 spiro atoms. The van der Waals surface area contributed by atoms with Crippen molar-refractivity contribution in [2.45, 2.75) is 27.7 Å². The van der Waals surface area contributed by atoms with Crippen molar-refractivity contribution in [2.75, 3.05) is 7.11 Å². The second-order valence-corrected chi connectivity index (χ2v) is 4.97. The number of rotatable bonds is 3. The Morgan fingerprint density at radius 2 is 1.71 bits per heavy atom. The lowest BCUT2D eigenvalue weighted by Gasteiger charge is -2.09. The van der Waals surface area contributed by atoms with Gasteiger partial charge in [-0.2, -0.15) is 4.57 Å². The lowest BCUT2D eigenvalue weighted by Crippen LogP contribution is -3.00. The van der Waals surface area contributed by atoms with E-state index in [2.05, 4.69) is 25.3 Å². The van der Waals surface area contributed by atoms with E-state index in [0.717, 1.165) is 40.2 Å². The Kier molecular flexibility index (Phi) is 5.61. The minimum absolute atomic E-state index is 0. The van der Waals surface area contributed by atoms with Crippen LogP contribution in [0, 0.1) is 27.7 Å². The zero-order valence-corrected chi connectivity index (χ0v) is 14.6. The van der Waals surface area contributed by atoms with Crippen molar-refractivity contribution >= 4 is 6.20 Å². The fraction of sp³-hybridized carbons (Fsp3) is 0.312. The number of methoxy groups -OCH3 is 1. The van der Waals surface area contributed by atoms with E-state index >= 15 is 0 Å². The maximum Gasteiger partial charge on any atom is 0.254 e. The third-order valence-electron chi connectivity index (χ3n) is 3.68. The predicted molar refractivity (Wildman–Crippen MR) is 79.4 cm³/mol. The molecule has 0 unspecified atom stereocenters. The standard InChI is InChI=1S/C16H20N2O2.BrH/c1-11-8-15(20-5)9-12(2)16(11)18-10-17(6-7-19)13(3)14(18)4;/h6-10H,1-5H3;1H. The molecule has 0 aliphatic rings. The maximum atomic E-state index is 8.97. The van der Waals surface area contributed by atoms with Crippen molar-refractivity contribution in [3.05, 3.63) is 47.2 Å². The maximum absolute atomic E-state index is 8.97. The molecule has 21 heavy (non-hydrogen) atoms. The van der Waals surface area contributed by atoms with Crippen molar-refractivity contribution in [1.29, 1.82) is 0 Å². The summed E-state index contributed by atoms with van der Waals surface area (Å²) in [5.41, 5.74) is 5.68. The molecular weight excluding hydrogens is 332 g/mol. The molecule has 0 saturated carbocycles. The predicted octanol–water partition coefficient (Wildman–Crippen LogP) is -0.00272. The van der Waals surface area contributed by atoms with Crippen LogP contribution in [-0.2, 0) is 0 Å². The van der Waals surface area contributed by atoms with Crippen LogP contribution in [0.5, 0.6) is 5.75 Å². The summed E-state index contributed by atoms with van der Waals surface area (Å²) < 4.78 is 9.35. The summed E-state index contributed by atoms with van der Waals surface area (Å²) >= 11 is 0. The molecule has 114 valence electrons. The zero-order valence-electron chi connectivity index (χ0n) is 13.0. The van der Waals surface area contributed by atoms with Gasteiger partial charge in [-0.3, -0.25) is 0 Å². The molecule has 0 saturated heterocycles. The molecule has 0 aliphatic carbocycles. The largest absolute Gasteiger partial charge is 1.00 e. The van der Waals surface area contributed by atoms with Crippen molar-refractivity contribution in [1.82, 2.24) is 4.57 Å². The Bertz CT molecular complexity index is 652. The number of hydrogen-bond acceptors (Lipinski definition) is 2. The number of benzene rings is 1. The first-order chi connectivity index (χ1) is 9.49. The molecule has 1 aromatic carbocycles. The van der Waals surface area contributed by atoms with Crippen molar-refractivity contribution in [3.63, 3.8) is 0 Å². The first kappa shape index (κ1) is 17.3. The summed E-state index contributed by atoms with van der Waals surface area (Å²) in [5.74, 6) is 0.869. The van der Waals surface area contributed by atoms with Gasteiger partial charge >= 0.3 is 0 Å². The normalized spacial score (nSPS) is 10.7. The molecule has 4 nitrogen and oxygen atoms in total.